The van der Waals surface area contributed by atoms with Crippen molar-refractivity contribution in [3.8, 4) is 0 Å². The van der Waals surface area contributed by atoms with Crippen molar-refractivity contribution in [1.29, 1.82) is 0 Å². The molecule has 1 atom stereocenters. The topological polar surface area (TPSA) is 71.5 Å². The van der Waals surface area contributed by atoms with Crippen LogP contribution >= 0.6 is 0 Å². The molecule has 1 aliphatic rings. The van der Waals surface area contributed by atoms with Crippen molar-refractivity contribution < 1.29 is 9.34 Å². The summed E-state index contributed by atoms with van der Waals surface area (Å²) < 4.78 is 5.43. The molecule has 6 heteroatoms. The van der Waals surface area contributed by atoms with Crippen LogP contribution in [0.3, 0.4) is 0 Å². The van der Waals surface area contributed by atoms with Crippen LogP contribution in [-0.4, -0.2) is 36.0 Å². The van der Waals surface area contributed by atoms with Crippen molar-refractivity contribution in [2.75, 3.05) is 26.2 Å². The third-order valence-electron chi connectivity index (χ3n) is 3.79. The highest BCUT2D eigenvalue weighted by atomic mass is 16.6. The first-order valence-corrected chi connectivity index (χ1v) is 7.41. The molecule has 0 amide bonds. The molecule has 1 N–H and O–H groups in total. The van der Waals surface area contributed by atoms with Gasteiger partial charge in [-0.2, -0.15) is 0 Å². The summed E-state index contributed by atoms with van der Waals surface area (Å²) in [4.78, 5) is 12.7. The second-order valence-corrected chi connectivity index (χ2v) is 5.23. The summed E-state index contributed by atoms with van der Waals surface area (Å²) in [6.45, 7) is 6.04. The number of nitrogens with zero attached hydrogens (tertiary/aromatic N) is 2. The molecule has 1 saturated heterocycles. The molecule has 2 rings (SSSR count). The number of piperazine rings is 1. The Balaban J connectivity index is 2.08. The Labute approximate surface area is 119 Å². The summed E-state index contributed by atoms with van der Waals surface area (Å²) in [5, 5.41) is 14.1. The van der Waals surface area contributed by atoms with Gasteiger partial charge in [0, 0.05) is 26.2 Å². The molecule has 0 unspecified atom stereocenters. The SMILES string of the molecule is CCCCC[C@@H](c1ccc([N+](=O)[O-])o1)N1CCNCC1. The monoisotopic (exact) mass is 281 g/mol. The highest BCUT2D eigenvalue weighted by molar-refractivity contribution is 5.20. The van der Waals surface area contributed by atoms with Crippen LogP contribution in [0.25, 0.3) is 0 Å². The predicted molar refractivity (Wildman–Crippen MR) is 76.7 cm³/mol. The number of nitro groups is 1. The fraction of sp³-hybridized carbons (Fsp3) is 0.714. The van der Waals surface area contributed by atoms with Crippen LogP contribution in [0.15, 0.2) is 16.5 Å². The molecular formula is C14H23N3O3. The molecule has 0 saturated carbocycles. The Bertz CT molecular complexity index is 427. The number of hydrogen-bond donors (Lipinski definition) is 1. The van der Waals surface area contributed by atoms with Crippen LogP contribution in [0.4, 0.5) is 5.88 Å². The highest BCUT2D eigenvalue weighted by Gasteiger charge is 2.26. The van der Waals surface area contributed by atoms with Gasteiger partial charge < -0.3 is 9.73 Å². The van der Waals surface area contributed by atoms with Crippen LogP contribution in [0.5, 0.6) is 0 Å². The van der Waals surface area contributed by atoms with E-state index in [0.29, 0.717) is 0 Å². The van der Waals surface area contributed by atoms with Gasteiger partial charge in [-0.15, -0.1) is 0 Å². The van der Waals surface area contributed by atoms with Gasteiger partial charge in [0.2, 0.25) is 0 Å². The first kappa shape index (κ1) is 15.0. The quantitative estimate of drug-likeness (QED) is 0.472. The van der Waals surface area contributed by atoms with E-state index in [4.69, 9.17) is 4.42 Å². The van der Waals surface area contributed by atoms with Gasteiger partial charge in [0.05, 0.1) is 12.1 Å². The van der Waals surface area contributed by atoms with E-state index < -0.39 is 4.92 Å². The van der Waals surface area contributed by atoms with Gasteiger partial charge in [-0.1, -0.05) is 26.2 Å². The number of nitrogens with one attached hydrogen (secondary N) is 1. The lowest BCUT2D eigenvalue weighted by molar-refractivity contribution is -0.402. The molecule has 20 heavy (non-hydrogen) atoms. The smallest absolute Gasteiger partial charge is 0.404 e. The third-order valence-corrected chi connectivity index (χ3v) is 3.79. The van der Waals surface area contributed by atoms with Crippen molar-refractivity contribution in [3.63, 3.8) is 0 Å². The van der Waals surface area contributed by atoms with Gasteiger partial charge in [0.25, 0.3) is 0 Å². The van der Waals surface area contributed by atoms with Crippen LogP contribution in [0.1, 0.15) is 44.4 Å². The van der Waals surface area contributed by atoms with E-state index in [2.05, 4.69) is 17.1 Å². The second kappa shape index (κ2) is 7.40. The van der Waals surface area contributed by atoms with E-state index in [1.54, 1.807) is 6.07 Å². The van der Waals surface area contributed by atoms with Gasteiger partial charge in [0.15, 0.2) is 0 Å². The van der Waals surface area contributed by atoms with Gasteiger partial charge in [-0.3, -0.25) is 15.0 Å². The van der Waals surface area contributed by atoms with Gasteiger partial charge in [0.1, 0.15) is 10.7 Å². The molecular weight excluding hydrogens is 258 g/mol. The minimum Gasteiger partial charge on any atom is -0.404 e. The summed E-state index contributed by atoms with van der Waals surface area (Å²) in [5.74, 6) is 0.574. The molecule has 1 aromatic rings. The van der Waals surface area contributed by atoms with E-state index >= 15 is 0 Å². The minimum absolute atomic E-state index is 0.157. The Hall–Kier alpha value is -1.40. The summed E-state index contributed by atoms with van der Waals surface area (Å²) in [6, 6.07) is 3.39. The van der Waals surface area contributed by atoms with Crippen LogP contribution in [0.2, 0.25) is 0 Å². The van der Waals surface area contributed by atoms with Gasteiger partial charge >= 0.3 is 5.88 Å². The maximum atomic E-state index is 10.8. The summed E-state index contributed by atoms with van der Waals surface area (Å²) in [6.07, 6.45) is 4.48. The van der Waals surface area contributed by atoms with E-state index in [1.807, 2.05) is 0 Å². The van der Waals surface area contributed by atoms with E-state index in [0.717, 1.165) is 44.8 Å². The van der Waals surface area contributed by atoms with Crippen molar-refractivity contribution in [2.45, 2.75) is 38.6 Å². The van der Waals surface area contributed by atoms with Gasteiger partial charge in [-0.05, 0) is 12.5 Å². The van der Waals surface area contributed by atoms with E-state index in [9.17, 15) is 10.1 Å². The fourth-order valence-corrected chi connectivity index (χ4v) is 2.71. The summed E-state index contributed by atoms with van der Waals surface area (Å²) >= 11 is 0. The van der Waals surface area contributed by atoms with Crippen molar-refractivity contribution in [3.05, 3.63) is 28.0 Å². The van der Waals surface area contributed by atoms with Crippen molar-refractivity contribution in [2.24, 2.45) is 0 Å². The maximum absolute atomic E-state index is 10.8. The fourth-order valence-electron chi connectivity index (χ4n) is 2.71. The number of hydrogen-bond acceptors (Lipinski definition) is 5. The lowest BCUT2D eigenvalue weighted by Gasteiger charge is -2.33. The Kier molecular flexibility index (Phi) is 5.55. The number of unbranched alkanes of at least 4 members (excludes halogenated alkanes) is 2. The van der Waals surface area contributed by atoms with Crippen molar-refractivity contribution in [1.82, 2.24) is 10.2 Å². The first-order valence-electron chi connectivity index (χ1n) is 7.41. The zero-order chi connectivity index (χ0) is 14.4. The Morgan fingerprint density at radius 1 is 1.40 bits per heavy atom. The molecule has 0 radical (unpaired) electrons. The zero-order valence-electron chi connectivity index (χ0n) is 12.0. The molecule has 1 aliphatic heterocycles. The lowest BCUT2D eigenvalue weighted by Crippen LogP contribution is -2.45. The molecule has 1 aromatic heterocycles. The molecule has 0 aliphatic carbocycles. The minimum atomic E-state index is -0.468. The molecule has 1 fully saturated rings. The maximum Gasteiger partial charge on any atom is 0.433 e. The van der Waals surface area contributed by atoms with Crippen LogP contribution < -0.4 is 5.32 Å². The Morgan fingerprint density at radius 3 is 2.75 bits per heavy atom. The lowest BCUT2D eigenvalue weighted by atomic mass is 10.0. The summed E-state index contributed by atoms with van der Waals surface area (Å²) in [5.41, 5.74) is 0. The van der Waals surface area contributed by atoms with Crippen LogP contribution in [0, 0.1) is 10.1 Å². The molecule has 6 nitrogen and oxygen atoms in total. The average Bonchev–Trinajstić information content (AvgIpc) is 2.94. The molecule has 112 valence electrons. The van der Waals surface area contributed by atoms with E-state index in [1.165, 1.54) is 18.9 Å². The average molecular weight is 281 g/mol. The normalized spacial score (nSPS) is 18.1. The predicted octanol–water partition coefficient (Wildman–Crippen LogP) is 2.71. The van der Waals surface area contributed by atoms with Crippen molar-refractivity contribution >= 4 is 5.88 Å². The molecule has 2 heterocycles. The second-order valence-electron chi connectivity index (χ2n) is 5.23. The van der Waals surface area contributed by atoms with Gasteiger partial charge in [-0.25, -0.2) is 0 Å². The highest BCUT2D eigenvalue weighted by Crippen LogP contribution is 2.30. The van der Waals surface area contributed by atoms with E-state index in [-0.39, 0.29) is 11.9 Å². The Morgan fingerprint density at radius 2 is 2.15 bits per heavy atom. The zero-order valence-corrected chi connectivity index (χ0v) is 12.0. The third kappa shape index (κ3) is 3.80. The number of rotatable bonds is 7. The summed E-state index contributed by atoms with van der Waals surface area (Å²) in [7, 11) is 0. The largest absolute Gasteiger partial charge is 0.433 e. The molecule has 0 bridgehead atoms. The molecule has 0 spiro atoms. The first-order chi connectivity index (χ1) is 9.72. The molecule has 0 aromatic carbocycles. The standard InChI is InChI=1S/C14H23N3O3/c1-2-3-4-5-12(16-10-8-15-9-11-16)13-6-7-14(20-13)17(18)19/h6-7,12,15H,2-5,8-11H2,1H3/t12-/m0/s1. The number of furan rings is 1. The van der Waals surface area contributed by atoms with Crippen LogP contribution in [-0.2, 0) is 0 Å².